The van der Waals surface area contributed by atoms with Crippen molar-refractivity contribution < 1.29 is 0 Å². The highest BCUT2D eigenvalue weighted by Crippen LogP contribution is 2.26. The van der Waals surface area contributed by atoms with Crippen LogP contribution in [0.3, 0.4) is 0 Å². The Morgan fingerprint density at radius 2 is 2.50 bits per heavy atom. The van der Waals surface area contributed by atoms with Crippen LogP contribution in [0.2, 0.25) is 0 Å². The molecule has 0 bridgehead atoms. The number of rotatable bonds is 2. The summed E-state index contributed by atoms with van der Waals surface area (Å²) < 4.78 is 0. The number of hydrogen-bond acceptors (Lipinski definition) is 4. The molecule has 16 heavy (non-hydrogen) atoms. The average molecular weight is 234 g/mol. The third-order valence-electron chi connectivity index (χ3n) is 2.90. The van der Waals surface area contributed by atoms with E-state index in [2.05, 4.69) is 32.6 Å². The lowest BCUT2D eigenvalue weighted by atomic mass is 10.3. The first-order valence-corrected chi connectivity index (χ1v) is 6.31. The molecule has 0 radical (unpaired) electrons. The van der Waals surface area contributed by atoms with Crippen LogP contribution < -0.4 is 10.6 Å². The zero-order valence-electron chi connectivity index (χ0n) is 8.89. The Kier molecular flexibility index (Phi) is 2.41. The van der Waals surface area contributed by atoms with Gasteiger partial charge >= 0.3 is 0 Å². The van der Waals surface area contributed by atoms with E-state index in [-0.39, 0.29) is 0 Å². The Morgan fingerprint density at radius 3 is 3.19 bits per heavy atom. The summed E-state index contributed by atoms with van der Waals surface area (Å²) in [6.45, 7) is 1.92. The first-order chi connectivity index (χ1) is 7.83. The SMILES string of the molecule is N[C@H]1CCN(c2cc(-c3cccs3)[nH]n2)C1. The van der Waals surface area contributed by atoms with Crippen molar-refractivity contribution in [2.45, 2.75) is 12.5 Å². The number of nitrogens with zero attached hydrogens (tertiary/aromatic N) is 2. The van der Waals surface area contributed by atoms with Crippen LogP contribution in [0, 0.1) is 0 Å². The van der Waals surface area contributed by atoms with Gasteiger partial charge in [0.1, 0.15) is 0 Å². The molecule has 3 N–H and O–H groups in total. The molecule has 0 saturated carbocycles. The summed E-state index contributed by atoms with van der Waals surface area (Å²) in [5.41, 5.74) is 6.97. The normalized spacial score (nSPS) is 20.6. The first-order valence-electron chi connectivity index (χ1n) is 5.43. The van der Waals surface area contributed by atoms with E-state index >= 15 is 0 Å². The van der Waals surface area contributed by atoms with Crippen molar-refractivity contribution in [3.8, 4) is 10.6 Å². The van der Waals surface area contributed by atoms with Crippen LogP contribution in [0.25, 0.3) is 10.6 Å². The van der Waals surface area contributed by atoms with Crippen LogP contribution in [0.4, 0.5) is 5.82 Å². The average Bonchev–Trinajstić information content (AvgIpc) is 2.97. The Balaban J connectivity index is 1.83. The molecular weight excluding hydrogens is 220 g/mol. The molecule has 84 valence electrons. The Hall–Kier alpha value is -1.33. The van der Waals surface area contributed by atoms with E-state index in [1.165, 1.54) is 4.88 Å². The lowest BCUT2D eigenvalue weighted by Gasteiger charge is -2.13. The Bertz CT molecular complexity index is 462. The summed E-state index contributed by atoms with van der Waals surface area (Å²) in [7, 11) is 0. The van der Waals surface area contributed by atoms with Gasteiger partial charge in [0.25, 0.3) is 0 Å². The van der Waals surface area contributed by atoms with E-state index in [0.29, 0.717) is 6.04 Å². The van der Waals surface area contributed by atoms with Gasteiger partial charge in [-0.1, -0.05) is 6.07 Å². The number of nitrogens with one attached hydrogen (secondary N) is 1. The summed E-state index contributed by atoms with van der Waals surface area (Å²) >= 11 is 1.72. The van der Waals surface area contributed by atoms with E-state index in [1.807, 2.05) is 6.07 Å². The smallest absolute Gasteiger partial charge is 0.151 e. The predicted octanol–water partition coefficient (Wildman–Crippen LogP) is 1.68. The number of H-pyrrole nitrogens is 1. The highest BCUT2D eigenvalue weighted by molar-refractivity contribution is 7.13. The van der Waals surface area contributed by atoms with E-state index in [1.54, 1.807) is 11.3 Å². The van der Waals surface area contributed by atoms with Gasteiger partial charge in [-0.25, -0.2) is 0 Å². The van der Waals surface area contributed by atoms with Crippen LogP contribution in [-0.4, -0.2) is 29.3 Å². The van der Waals surface area contributed by atoms with Gasteiger partial charge in [0, 0.05) is 25.2 Å². The van der Waals surface area contributed by atoms with E-state index < -0.39 is 0 Å². The largest absolute Gasteiger partial charge is 0.354 e. The van der Waals surface area contributed by atoms with Crippen molar-refractivity contribution in [1.82, 2.24) is 10.2 Å². The second kappa shape index (κ2) is 3.92. The lowest BCUT2D eigenvalue weighted by molar-refractivity contribution is 0.751. The molecule has 1 atom stereocenters. The summed E-state index contributed by atoms with van der Waals surface area (Å²) in [4.78, 5) is 3.46. The van der Waals surface area contributed by atoms with Crippen molar-refractivity contribution in [3.63, 3.8) is 0 Å². The minimum Gasteiger partial charge on any atom is -0.354 e. The van der Waals surface area contributed by atoms with Crippen LogP contribution >= 0.6 is 11.3 Å². The molecule has 2 aromatic heterocycles. The fourth-order valence-electron chi connectivity index (χ4n) is 2.03. The first kappa shape index (κ1) is 9.86. The van der Waals surface area contributed by atoms with Crippen LogP contribution in [0.1, 0.15) is 6.42 Å². The Labute approximate surface area is 98.1 Å². The molecular formula is C11H14N4S. The molecule has 0 aromatic carbocycles. The second-order valence-corrected chi connectivity index (χ2v) is 5.06. The zero-order chi connectivity index (χ0) is 11.0. The van der Waals surface area contributed by atoms with Crippen LogP contribution in [0.5, 0.6) is 0 Å². The van der Waals surface area contributed by atoms with Gasteiger partial charge in [0.15, 0.2) is 5.82 Å². The molecule has 0 spiro atoms. The number of thiophene rings is 1. The summed E-state index contributed by atoms with van der Waals surface area (Å²) in [6.07, 6.45) is 1.06. The number of aromatic amines is 1. The minimum atomic E-state index is 0.293. The third kappa shape index (κ3) is 1.72. The van der Waals surface area contributed by atoms with Crippen molar-refractivity contribution in [2.24, 2.45) is 5.73 Å². The molecule has 5 heteroatoms. The summed E-state index contributed by atoms with van der Waals surface area (Å²) in [5.74, 6) is 1.01. The molecule has 3 rings (SSSR count). The number of aromatic nitrogens is 2. The van der Waals surface area contributed by atoms with Gasteiger partial charge in [0.05, 0.1) is 10.6 Å². The van der Waals surface area contributed by atoms with Gasteiger partial charge < -0.3 is 10.6 Å². The van der Waals surface area contributed by atoms with E-state index in [9.17, 15) is 0 Å². The molecule has 4 nitrogen and oxygen atoms in total. The molecule has 0 aliphatic carbocycles. The monoisotopic (exact) mass is 234 g/mol. The summed E-state index contributed by atoms with van der Waals surface area (Å²) in [6, 6.07) is 6.54. The molecule has 2 aromatic rings. The van der Waals surface area contributed by atoms with Crippen LogP contribution in [0.15, 0.2) is 23.6 Å². The molecule has 1 aliphatic heterocycles. The quantitative estimate of drug-likeness (QED) is 0.831. The van der Waals surface area contributed by atoms with Crippen LogP contribution in [-0.2, 0) is 0 Å². The molecule has 0 unspecified atom stereocenters. The van der Waals surface area contributed by atoms with E-state index in [4.69, 9.17) is 5.73 Å². The van der Waals surface area contributed by atoms with Gasteiger partial charge in [-0.05, 0) is 17.9 Å². The number of nitrogens with two attached hydrogens (primary N) is 1. The molecule has 3 heterocycles. The van der Waals surface area contributed by atoms with E-state index in [0.717, 1.165) is 31.0 Å². The molecule has 1 aliphatic rings. The van der Waals surface area contributed by atoms with Gasteiger partial charge in [-0.2, -0.15) is 5.10 Å². The van der Waals surface area contributed by atoms with Gasteiger partial charge in [-0.15, -0.1) is 11.3 Å². The maximum absolute atomic E-state index is 5.89. The van der Waals surface area contributed by atoms with Crippen molar-refractivity contribution >= 4 is 17.2 Å². The minimum absolute atomic E-state index is 0.293. The molecule has 1 saturated heterocycles. The third-order valence-corrected chi connectivity index (χ3v) is 3.80. The van der Waals surface area contributed by atoms with Crippen molar-refractivity contribution in [1.29, 1.82) is 0 Å². The molecule has 0 amide bonds. The summed E-state index contributed by atoms with van der Waals surface area (Å²) in [5, 5.41) is 9.49. The number of anilines is 1. The topological polar surface area (TPSA) is 57.9 Å². The van der Waals surface area contributed by atoms with Crippen molar-refractivity contribution in [3.05, 3.63) is 23.6 Å². The predicted molar refractivity (Wildman–Crippen MR) is 66.7 cm³/mol. The zero-order valence-corrected chi connectivity index (χ0v) is 9.70. The maximum atomic E-state index is 5.89. The number of hydrogen-bond donors (Lipinski definition) is 2. The highest BCUT2D eigenvalue weighted by atomic mass is 32.1. The van der Waals surface area contributed by atoms with Gasteiger partial charge in [0.2, 0.25) is 0 Å². The maximum Gasteiger partial charge on any atom is 0.151 e. The Morgan fingerprint density at radius 1 is 1.56 bits per heavy atom. The fourth-order valence-corrected chi connectivity index (χ4v) is 2.72. The highest BCUT2D eigenvalue weighted by Gasteiger charge is 2.21. The van der Waals surface area contributed by atoms with Gasteiger partial charge in [-0.3, -0.25) is 5.10 Å². The standard InChI is InChI=1S/C11H14N4S/c12-8-3-4-15(7-8)11-6-9(13-14-11)10-2-1-5-16-10/h1-2,5-6,8H,3-4,7,12H2,(H,13,14)/t8-/m0/s1. The second-order valence-electron chi connectivity index (χ2n) is 4.11. The molecule has 1 fully saturated rings. The fraction of sp³-hybridized carbons (Fsp3) is 0.364. The lowest BCUT2D eigenvalue weighted by Crippen LogP contribution is -2.26. The van der Waals surface area contributed by atoms with Crippen molar-refractivity contribution in [2.75, 3.05) is 18.0 Å².